The second kappa shape index (κ2) is 4.60. The molecule has 1 aliphatic rings. The summed E-state index contributed by atoms with van der Waals surface area (Å²) in [7, 11) is 0. The van der Waals surface area contributed by atoms with Crippen molar-refractivity contribution in [2.24, 2.45) is 0 Å². The van der Waals surface area contributed by atoms with E-state index in [1.54, 1.807) is 0 Å². The second-order valence-electron chi connectivity index (χ2n) is 3.80. The Morgan fingerprint density at radius 2 is 2.12 bits per heavy atom. The van der Waals surface area contributed by atoms with Crippen LogP contribution >= 0.6 is 0 Å². The van der Waals surface area contributed by atoms with Crippen molar-refractivity contribution in [2.45, 2.75) is 25.9 Å². The van der Waals surface area contributed by atoms with Crippen molar-refractivity contribution in [1.29, 1.82) is 0 Å². The van der Waals surface area contributed by atoms with Gasteiger partial charge in [-0.05, 0) is 12.5 Å². The van der Waals surface area contributed by atoms with Crippen LogP contribution in [0.2, 0.25) is 0 Å². The van der Waals surface area contributed by atoms with Gasteiger partial charge in [-0.1, -0.05) is 36.9 Å². The lowest BCUT2D eigenvalue weighted by Gasteiger charge is -2.00. The number of benzene rings is 1. The van der Waals surface area contributed by atoms with E-state index < -0.39 is 0 Å². The molecule has 1 heterocycles. The van der Waals surface area contributed by atoms with E-state index in [4.69, 9.17) is 9.47 Å². The Morgan fingerprint density at radius 3 is 2.75 bits per heavy atom. The fourth-order valence-electron chi connectivity index (χ4n) is 1.43. The van der Waals surface area contributed by atoms with E-state index in [2.05, 4.69) is 6.58 Å². The van der Waals surface area contributed by atoms with Gasteiger partial charge in [0.15, 0.2) is 12.1 Å². The molecule has 1 saturated heterocycles. The third-order valence-electron chi connectivity index (χ3n) is 2.50. The molecule has 1 fully saturated rings. The van der Waals surface area contributed by atoms with E-state index in [1.165, 1.54) is 6.92 Å². The van der Waals surface area contributed by atoms with E-state index in [0.29, 0.717) is 12.2 Å². The van der Waals surface area contributed by atoms with Crippen molar-refractivity contribution in [3.05, 3.63) is 48.0 Å². The van der Waals surface area contributed by atoms with Gasteiger partial charge in [0.05, 0.1) is 6.61 Å². The molecule has 3 heteroatoms. The average molecular weight is 218 g/mol. The van der Waals surface area contributed by atoms with Crippen LogP contribution in [0.5, 0.6) is 0 Å². The normalized spacial score (nSPS) is 22.8. The third kappa shape index (κ3) is 2.56. The van der Waals surface area contributed by atoms with Gasteiger partial charge < -0.3 is 9.47 Å². The van der Waals surface area contributed by atoms with Crippen molar-refractivity contribution in [2.75, 3.05) is 0 Å². The zero-order valence-corrected chi connectivity index (χ0v) is 9.18. The number of ether oxygens (including phenoxy) is 2. The number of hydrogen-bond donors (Lipinski definition) is 0. The van der Waals surface area contributed by atoms with Crippen molar-refractivity contribution in [1.82, 2.24) is 0 Å². The molecule has 0 aromatic heterocycles. The van der Waals surface area contributed by atoms with Gasteiger partial charge in [0.25, 0.3) is 0 Å². The minimum absolute atomic E-state index is 0.0455. The van der Waals surface area contributed by atoms with Crippen LogP contribution in [-0.2, 0) is 20.9 Å². The molecule has 2 unspecified atom stereocenters. The van der Waals surface area contributed by atoms with E-state index in [-0.39, 0.29) is 18.2 Å². The lowest BCUT2D eigenvalue weighted by molar-refractivity contribution is -0.113. The molecule has 0 spiro atoms. The molecule has 0 saturated carbocycles. The quantitative estimate of drug-likeness (QED) is 0.561. The lowest BCUT2D eigenvalue weighted by atomic mass is 10.1. The average Bonchev–Trinajstić information content (AvgIpc) is 3.06. The lowest BCUT2D eigenvalue weighted by Crippen LogP contribution is -2.07. The monoisotopic (exact) mass is 218 g/mol. The van der Waals surface area contributed by atoms with E-state index in [9.17, 15) is 4.79 Å². The maximum Gasteiger partial charge on any atom is 0.189 e. The first-order valence-electron chi connectivity index (χ1n) is 5.19. The summed E-state index contributed by atoms with van der Waals surface area (Å²) in [6.45, 7) is 5.64. The zero-order chi connectivity index (χ0) is 11.5. The molecule has 16 heavy (non-hydrogen) atoms. The SMILES string of the molecule is C=C(C(C)=O)C1OC1OCc1ccccc1. The molecule has 0 N–H and O–H groups in total. The van der Waals surface area contributed by atoms with Crippen LogP contribution < -0.4 is 0 Å². The first kappa shape index (κ1) is 11.0. The fraction of sp³-hybridized carbons (Fsp3) is 0.308. The van der Waals surface area contributed by atoms with Gasteiger partial charge >= 0.3 is 0 Å². The molecule has 2 atom stereocenters. The molecule has 3 nitrogen and oxygen atoms in total. The Hall–Kier alpha value is -1.45. The van der Waals surface area contributed by atoms with Crippen LogP contribution in [0.1, 0.15) is 12.5 Å². The van der Waals surface area contributed by atoms with Crippen molar-refractivity contribution >= 4 is 5.78 Å². The van der Waals surface area contributed by atoms with Crippen LogP contribution in [0.25, 0.3) is 0 Å². The number of carbonyl (C=O) groups excluding carboxylic acids is 1. The standard InChI is InChI=1S/C13H14O3/c1-9(10(2)14)12-13(16-12)15-8-11-6-4-3-5-7-11/h3-7,12-13H,1,8H2,2H3. The predicted molar refractivity (Wildman–Crippen MR) is 59.7 cm³/mol. The third-order valence-corrected chi connectivity index (χ3v) is 2.50. The van der Waals surface area contributed by atoms with Gasteiger partial charge in [-0.25, -0.2) is 0 Å². The van der Waals surface area contributed by atoms with Crippen LogP contribution in [0, 0.1) is 0 Å². The summed E-state index contributed by atoms with van der Waals surface area (Å²) in [6.07, 6.45) is -0.558. The minimum atomic E-state index is -0.309. The Bertz CT molecular complexity index is 397. The van der Waals surface area contributed by atoms with Crippen LogP contribution in [0.3, 0.4) is 0 Å². The molecular weight excluding hydrogens is 204 g/mol. The zero-order valence-electron chi connectivity index (χ0n) is 9.18. The van der Waals surface area contributed by atoms with Crippen molar-refractivity contribution < 1.29 is 14.3 Å². The van der Waals surface area contributed by atoms with E-state index >= 15 is 0 Å². The maximum atomic E-state index is 11.0. The van der Waals surface area contributed by atoms with Gasteiger partial charge in [-0.15, -0.1) is 0 Å². The Balaban J connectivity index is 1.78. The number of rotatable bonds is 5. The molecule has 1 aromatic rings. The second-order valence-corrected chi connectivity index (χ2v) is 3.80. The summed E-state index contributed by atoms with van der Waals surface area (Å²) in [5.74, 6) is -0.0455. The van der Waals surface area contributed by atoms with E-state index in [1.807, 2.05) is 30.3 Å². The summed E-state index contributed by atoms with van der Waals surface area (Å²) in [4.78, 5) is 11.0. The number of ketones is 1. The van der Waals surface area contributed by atoms with Crippen molar-refractivity contribution in [3.8, 4) is 0 Å². The van der Waals surface area contributed by atoms with Crippen LogP contribution in [0.4, 0.5) is 0 Å². The highest BCUT2D eigenvalue weighted by molar-refractivity contribution is 5.94. The molecule has 0 amide bonds. The predicted octanol–water partition coefficient (Wildman–Crippen LogP) is 2.07. The summed E-state index contributed by atoms with van der Waals surface area (Å²) in [5.41, 5.74) is 1.57. The van der Waals surface area contributed by atoms with Gasteiger partial charge in [-0.3, -0.25) is 4.79 Å². The van der Waals surface area contributed by atoms with Crippen LogP contribution in [0.15, 0.2) is 42.5 Å². The summed E-state index contributed by atoms with van der Waals surface area (Å²) in [6, 6.07) is 9.84. The van der Waals surface area contributed by atoms with Gasteiger partial charge in [0.2, 0.25) is 0 Å². The molecule has 1 aliphatic heterocycles. The Kier molecular flexibility index (Phi) is 3.17. The highest BCUT2D eigenvalue weighted by Gasteiger charge is 2.43. The van der Waals surface area contributed by atoms with Gasteiger partial charge in [0, 0.05) is 5.57 Å². The summed E-state index contributed by atoms with van der Waals surface area (Å²) < 4.78 is 10.7. The van der Waals surface area contributed by atoms with Gasteiger partial charge in [0.1, 0.15) is 6.10 Å². The topological polar surface area (TPSA) is 38.8 Å². The number of hydrogen-bond acceptors (Lipinski definition) is 3. The van der Waals surface area contributed by atoms with Crippen LogP contribution in [-0.4, -0.2) is 18.2 Å². The number of epoxide rings is 1. The largest absolute Gasteiger partial charge is 0.345 e. The molecule has 0 aliphatic carbocycles. The maximum absolute atomic E-state index is 11.0. The molecule has 0 bridgehead atoms. The Morgan fingerprint density at radius 1 is 1.44 bits per heavy atom. The summed E-state index contributed by atoms with van der Waals surface area (Å²) >= 11 is 0. The van der Waals surface area contributed by atoms with E-state index in [0.717, 1.165) is 5.56 Å². The van der Waals surface area contributed by atoms with Crippen molar-refractivity contribution in [3.63, 3.8) is 0 Å². The highest BCUT2D eigenvalue weighted by atomic mass is 16.8. The minimum Gasteiger partial charge on any atom is -0.345 e. The molecule has 84 valence electrons. The van der Waals surface area contributed by atoms with Gasteiger partial charge in [-0.2, -0.15) is 0 Å². The molecular formula is C13H14O3. The Labute approximate surface area is 94.7 Å². The first-order valence-corrected chi connectivity index (χ1v) is 5.19. The number of Topliss-reactive ketones (excluding diaryl/α,β-unsaturated/α-hetero) is 1. The molecule has 0 radical (unpaired) electrons. The fourth-order valence-corrected chi connectivity index (χ4v) is 1.43. The molecule has 1 aromatic carbocycles. The number of carbonyl (C=O) groups is 1. The first-order chi connectivity index (χ1) is 7.68. The summed E-state index contributed by atoms with van der Waals surface area (Å²) in [5, 5.41) is 0. The smallest absolute Gasteiger partial charge is 0.189 e. The molecule has 2 rings (SSSR count). The highest BCUT2D eigenvalue weighted by Crippen LogP contribution is 2.30.